The van der Waals surface area contributed by atoms with Crippen molar-refractivity contribution in [2.24, 2.45) is 7.05 Å². The first-order chi connectivity index (χ1) is 37.7. The van der Waals surface area contributed by atoms with Gasteiger partial charge in [-0.3, -0.25) is 0 Å². The van der Waals surface area contributed by atoms with Crippen molar-refractivity contribution < 1.29 is 4.57 Å². The molecule has 0 atom stereocenters. The fourth-order valence-corrected chi connectivity index (χ4v) is 15.6. The fourth-order valence-electron chi connectivity index (χ4n) is 13.3. The number of aromatic nitrogens is 2. The molecule has 0 bridgehead atoms. The lowest BCUT2D eigenvalue weighted by Gasteiger charge is -2.48. The van der Waals surface area contributed by atoms with Crippen LogP contribution >= 0.6 is 23.5 Å². The van der Waals surface area contributed by atoms with Crippen LogP contribution in [0.2, 0.25) is 0 Å². The normalized spacial score (nSPS) is 14.4. The highest BCUT2D eigenvalue weighted by Gasteiger charge is 2.49. The highest BCUT2D eigenvalue weighted by Crippen LogP contribution is 2.59. The summed E-state index contributed by atoms with van der Waals surface area (Å²) in [4.78, 5) is 10.7. The molecule has 80 heavy (non-hydrogen) atoms. The molecule has 404 valence electrons. The van der Waals surface area contributed by atoms with Crippen molar-refractivity contribution in [3.05, 3.63) is 172 Å². The van der Waals surface area contributed by atoms with Crippen molar-refractivity contribution in [3.8, 4) is 28.2 Å². The summed E-state index contributed by atoms with van der Waals surface area (Å²) >= 11 is 3.94. The Balaban J connectivity index is 1.15. The van der Waals surface area contributed by atoms with Crippen LogP contribution in [-0.4, -0.2) is 11.3 Å². The summed E-state index contributed by atoms with van der Waals surface area (Å²) in [7, 11) is 2.27. The highest BCUT2D eigenvalue weighted by molar-refractivity contribution is 8.00. The average Bonchev–Trinajstić information content (AvgIpc) is 3.78. The molecule has 0 unspecified atom stereocenters. The zero-order valence-electron chi connectivity index (χ0n) is 50.5. The van der Waals surface area contributed by atoms with Crippen LogP contribution in [0.15, 0.2) is 153 Å². The van der Waals surface area contributed by atoms with Gasteiger partial charge in [-0.2, -0.15) is 4.57 Å². The monoisotopic (exact) mass is 1090 g/mol. The van der Waals surface area contributed by atoms with Gasteiger partial charge in [-0.05, 0) is 162 Å². The van der Waals surface area contributed by atoms with Crippen molar-refractivity contribution in [1.82, 2.24) is 4.57 Å². The molecule has 0 saturated carbocycles. The van der Waals surface area contributed by atoms with E-state index in [-0.39, 0.29) is 28.4 Å². The maximum atomic E-state index is 2.69. The third-order valence-electron chi connectivity index (χ3n) is 17.9. The predicted molar refractivity (Wildman–Crippen MR) is 345 cm³/mol. The van der Waals surface area contributed by atoms with E-state index in [2.05, 4.69) is 277 Å². The van der Waals surface area contributed by atoms with Crippen LogP contribution in [0.25, 0.3) is 39.2 Å². The van der Waals surface area contributed by atoms with Crippen molar-refractivity contribution in [3.63, 3.8) is 0 Å². The predicted octanol–water partition coefficient (Wildman–Crippen LogP) is 18.5. The van der Waals surface area contributed by atoms with Gasteiger partial charge in [0.1, 0.15) is 5.69 Å². The zero-order chi connectivity index (χ0) is 56.6. The molecule has 7 heteroatoms. The van der Waals surface area contributed by atoms with E-state index in [4.69, 9.17) is 0 Å². The van der Waals surface area contributed by atoms with Crippen LogP contribution in [-0.2, 0) is 28.7 Å². The fraction of sp³-hybridized carbons (Fsp3) is 0.329. The topological polar surface area (TPSA) is 15.3 Å². The van der Waals surface area contributed by atoms with Gasteiger partial charge in [0.2, 0.25) is 0 Å². The van der Waals surface area contributed by atoms with Gasteiger partial charge in [0.25, 0.3) is 12.5 Å². The van der Waals surface area contributed by atoms with E-state index >= 15 is 0 Å². The first-order valence-electron chi connectivity index (χ1n) is 29.2. The van der Waals surface area contributed by atoms with Gasteiger partial charge < -0.3 is 9.80 Å². The number of hydrogen-bond acceptors (Lipinski definition) is 4. The van der Waals surface area contributed by atoms with Gasteiger partial charge in [-0.1, -0.05) is 201 Å². The van der Waals surface area contributed by atoms with Crippen LogP contribution in [0.5, 0.6) is 0 Å². The number of fused-ring (bicyclic) bond motifs is 9. The second kappa shape index (κ2) is 18.0. The summed E-state index contributed by atoms with van der Waals surface area (Å²) in [5.41, 5.74) is 28.5. The summed E-state index contributed by atoms with van der Waals surface area (Å²) in [6.07, 6.45) is 0. The molecule has 0 fully saturated rings. The van der Waals surface area contributed by atoms with Crippen LogP contribution < -0.4 is 30.8 Å². The number of anilines is 6. The summed E-state index contributed by atoms with van der Waals surface area (Å²) in [5.74, 6) is 1.86. The smallest absolute Gasteiger partial charge is 0.295 e. The maximum absolute atomic E-state index is 2.69. The Bertz CT molecular complexity index is 3920. The number of hydrogen-bond donors (Lipinski definition) is 0. The van der Waals surface area contributed by atoms with Crippen LogP contribution in [0, 0.1) is 6.92 Å². The van der Waals surface area contributed by atoms with Crippen LogP contribution in [0.1, 0.15) is 162 Å². The third-order valence-corrected chi connectivity index (χ3v) is 20.0. The van der Waals surface area contributed by atoms with E-state index in [9.17, 15) is 0 Å². The molecule has 0 amide bonds. The van der Waals surface area contributed by atoms with Gasteiger partial charge in [0, 0.05) is 42.1 Å². The Labute approximate surface area is 486 Å². The Morgan fingerprint density at radius 3 is 1.40 bits per heavy atom. The third kappa shape index (κ3) is 8.12. The maximum Gasteiger partial charge on any atom is 0.295 e. The van der Waals surface area contributed by atoms with E-state index in [0.717, 1.165) is 0 Å². The second-order valence-electron chi connectivity index (χ2n) is 28.3. The molecule has 0 spiro atoms. The standard InChI is InChI=1S/C73H78BN4S2/c1-41(2)50-22-21-23-51(42(3)4)66(50)78-56-25-20-19-24-55(56)75(18)69(78)52-32-44(27-26-43(52)5)45-33-59-65-60(34-45)77-58-31-29-47(71(9,10)11)38-62(58)80-64-40-49(73(15,16)17)36-54(68(64)77)74(65)53-35-48(72(12,13)14)39-63-67(53)76(59)57-30-28-46(70(6,7)8)37-61(57)79-63/h19-42H,1-18H3/q+1. The first-order valence-corrected chi connectivity index (χ1v) is 30.9. The Morgan fingerprint density at radius 1 is 0.450 bits per heavy atom. The van der Waals surface area contributed by atoms with Crippen molar-refractivity contribution >= 4 is 91.8 Å². The number of para-hydroxylation sites is 3. The summed E-state index contributed by atoms with van der Waals surface area (Å²) in [6.45, 7) is 40.1. The zero-order valence-corrected chi connectivity index (χ0v) is 52.2. The van der Waals surface area contributed by atoms with Crippen molar-refractivity contribution in [1.29, 1.82) is 0 Å². The Hall–Kier alpha value is -6.41. The van der Waals surface area contributed by atoms with Crippen LogP contribution in [0.4, 0.5) is 34.1 Å². The molecule has 13 rings (SSSR count). The molecule has 4 nitrogen and oxygen atoms in total. The number of nitrogens with zero attached hydrogens (tertiary/aromatic N) is 4. The number of imidazole rings is 1. The van der Waals surface area contributed by atoms with E-state index in [0.29, 0.717) is 11.8 Å². The van der Waals surface area contributed by atoms with Gasteiger partial charge in [0.15, 0.2) is 11.0 Å². The Kier molecular flexibility index (Phi) is 11.9. The molecular formula is C73H78BN4S2+. The van der Waals surface area contributed by atoms with Crippen molar-refractivity contribution in [2.45, 2.75) is 171 Å². The Morgan fingerprint density at radius 2 is 0.925 bits per heavy atom. The minimum atomic E-state index is -0.0664. The molecular weight excluding hydrogens is 1010 g/mol. The average molecular weight is 1090 g/mol. The van der Waals surface area contributed by atoms with E-state index in [1.807, 2.05) is 23.5 Å². The quantitative estimate of drug-likeness (QED) is 0.126. The molecule has 0 saturated heterocycles. The molecule has 0 radical (unpaired) electrons. The van der Waals surface area contributed by atoms with E-state index < -0.39 is 0 Å². The summed E-state index contributed by atoms with van der Waals surface area (Å²) in [6, 6.07) is 53.3. The first kappa shape index (κ1) is 52.9. The number of aryl methyl sites for hydroxylation is 2. The summed E-state index contributed by atoms with van der Waals surface area (Å²) < 4.78 is 5.05. The molecule has 0 aliphatic carbocycles. The molecule has 8 aromatic carbocycles. The number of benzene rings is 8. The van der Waals surface area contributed by atoms with Gasteiger partial charge >= 0.3 is 0 Å². The van der Waals surface area contributed by atoms with Gasteiger partial charge in [-0.15, -0.1) is 0 Å². The lowest BCUT2D eigenvalue weighted by Crippen LogP contribution is -2.62. The molecule has 0 N–H and O–H groups in total. The largest absolute Gasteiger partial charge is 0.309 e. The van der Waals surface area contributed by atoms with E-state index in [1.165, 1.54) is 148 Å². The van der Waals surface area contributed by atoms with Crippen molar-refractivity contribution in [2.75, 3.05) is 9.80 Å². The lowest BCUT2D eigenvalue weighted by atomic mass is 9.33. The summed E-state index contributed by atoms with van der Waals surface area (Å²) in [5, 5.41) is 0. The highest BCUT2D eigenvalue weighted by atomic mass is 32.2. The van der Waals surface area contributed by atoms with E-state index in [1.54, 1.807) is 0 Å². The van der Waals surface area contributed by atoms with Crippen LogP contribution in [0.3, 0.4) is 0 Å². The molecule has 9 aromatic rings. The molecule has 1 aromatic heterocycles. The molecule has 5 heterocycles. The molecule has 4 aliphatic rings. The number of rotatable bonds is 5. The minimum Gasteiger partial charge on any atom is -0.309 e. The molecule has 4 aliphatic heterocycles. The second-order valence-corrected chi connectivity index (χ2v) is 30.4. The minimum absolute atomic E-state index is 0.000148. The van der Waals surface area contributed by atoms with Gasteiger partial charge in [-0.25, -0.2) is 4.57 Å². The van der Waals surface area contributed by atoms with Gasteiger partial charge in [0.05, 0.1) is 35.4 Å². The lowest BCUT2D eigenvalue weighted by molar-refractivity contribution is -0.633. The SMILES string of the molecule is Cc1ccc(-c2cc3c4c(c2)N2c5ccc(C(C)(C)C)cc5Sc5cc(C(C)(C)C)cc(c52)B4c2cc(C(C)(C)C)cc4c2N3c2ccc(C(C)(C)C)cc2S4)cc1-c1n(-c2c(C(C)C)cccc2C(C)C)c2ccccc2[n+]1C.